The van der Waals surface area contributed by atoms with Gasteiger partial charge in [0.15, 0.2) is 12.1 Å². The van der Waals surface area contributed by atoms with E-state index in [-0.39, 0.29) is 17.5 Å². The van der Waals surface area contributed by atoms with Crippen LogP contribution in [0.1, 0.15) is 17.4 Å². The first-order valence-corrected chi connectivity index (χ1v) is 3.58. The minimum absolute atomic E-state index is 0.0619. The molecule has 1 rings (SSSR count). The van der Waals surface area contributed by atoms with Crippen LogP contribution in [-0.4, -0.2) is 23.8 Å². The second-order valence-electron chi connectivity index (χ2n) is 2.29. The van der Waals surface area contributed by atoms with E-state index < -0.39 is 5.91 Å². The van der Waals surface area contributed by atoms with E-state index >= 15 is 0 Å². The maximum absolute atomic E-state index is 11.1. The van der Waals surface area contributed by atoms with Gasteiger partial charge in [0, 0.05) is 14.0 Å². The summed E-state index contributed by atoms with van der Waals surface area (Å²) in [6, 6.07) is 0. The van der Waals surface area contributed by atoms with Gasteiger partial charge in [0.2, 0.25) is 11.8 Å². The summed E-state index contributed by atoms with van der Waals surface area (Å²) in [5.41, 5.74) is 0.0673. The Kier molecular flexibility index (Phi) is 2.63. The summed E-state index contributed by atoms with van der Waals surface area (Å²) in [6.45, 7) is 1.32. The van der Waals surface area contributed by atoms with Crippen LogP contribution in [0, 0.1) is 0 Å². The zero-order valence-electron chi connectivity index (χ0n) is 7.25. The van der Waals surface area contributed by atoms with Gasteiger partial charge in [-0.05, 0) is 0 Å². The van der Waals surface area contributed by atoms with Crippen molar-refractivity contribution in [2.75, 3.05) is 12.4 Å². The lowest BCUT2D eigenvalue weighted by Gasteiger charge is -1.98. The molecular formula is C7H9N3O3. The maximum atomic E-state index is 11.1. The number of anilines is 1. The van der Waals surface area contributed by atoms with Crippen molar-refractivity contribution in [1.29, 1.82) is 0 Å². The van der Waals surface area contributed by atoms with E-state index in [1.54, 1.807) is 0 Å². The number of rotatable bonds is 2. The molecule has 13 heavy (non-hydrogen) atoms. The molecule has 0 aliphatic rings. The number of carbonyl (C=O) groups excluding carboxylic acids is 2. The van der Waals surface area contributed by atoms with Crippen molar-refractivity contribution >= 4 is 17.7 Å². The molecule has 1 aromatic heterocycles. The van der Waals surface area contributed by atoms with Crippen molar-refractivity contribution in [3.05, 3.63) is 12.1 Å². The van der Waals surface area contributed by atoms with Crippen LogP contribution < -0.4 is 10.6 Å². The quantitative estimate of drug-likeness (QED) is 0.675. The standard InChI is InChI=1S/C7H9N3O3/c1-4(11)10-7-5(6(12)8-2)9-3-13-7/h3H,1-2H3,(H,8,12)(H,10,11). The molecule has 0 saturated carbocycles. The molecule has 0 saturated heterocycles. The molecule has 2 amide bonds. The summed E-state index contributed by atoms with van der Waals surface area (Å²) in [5.74, 6) is -0.661. The van der Waals surface area contributed by atoms with E-state index in [1.807, 2.05) is 0 Å². The molecule has 0 fully saturated rings. The van der Waals surface area contributed by atoms with Gasteiger partial charge in [-0.2, -0.15) is 0 Å². The number of carbonyl (C=O) groups is 2. The van der Waals surface area contributed by atoms with Crippen molar-refractivity contribution in [1.82, 2.24) is 10.3 Å². The molecule has 1 aromatic rings. The number of aromatic nitrogens is 1. The monoisotopic (exact) mass is 183 g/mol. The van der Waals surface area contributed by atoms with E-state index in [2.05, 4.69) is 15.6 Å². The second kappa shape index (κ2) is 3.70. The van der Waals surface area contributed by atoms with E-state index in [0.29, 0.717) is 0 Å². The Labute approximate surface area is 74.3 Å². The van der Waals surface area contributed by atoms with Crippen molar-refractivity contribution < 1.29 is 14.0 Å². The van der Waals surface area contributed by atoms with Crippen LogP contribution in [0.3, 0.4) is 0 Å². The molecule has 2 N–H and O–H groups in total. The zero-order chi connectivity index (χ0) is 9.84. The van der Waals surface area contributed by atoms with E-state index in [0.717, 1.165) is 6.39 Å². The van der Waals surface area contributed by atoms with Gasteiger partial charge < -0.3 is 9.73 Å². The predicted molar refractivity (Wildman–Crippen MR) is 44.2 cm³/mol. The predicted octanol–water partition coefficient (Wildman–Crippen LogP) is -0.00740. The number of hydrogen-bond donors (Lipinski definition) is 2. The average molecular weight is 183 g/mol. The van der Waals surface area contributed by atoms with Crippen LogP contribution in [0.15, 0.2) is 10.8 Å². The fourth-order valence-electron chi connectivity index (χ4n) is 0.775. The number of nitrogens with zero attached hydrogens (tertiary/aromatic N) is 1. The molecule has 1 heterocycles. The van der Waals surface area contributed by atoms with Crippen LogP contribution in [0.2, 0.25) is 0 Å². The van der Waals surface area contributed by atoms with Crippen LogP contribution in [0.5, 0.6) is 0 Å². The molecule has 6 nitrogen and oxygen atoms in total. The Bertz CT molecular complexity index is 331. The molecule has 0 radical (unpaired) electrons. The Morgan fingerprint density at radius 3 is 2.77 bits per heavy atom. The smallest absolute Gasteiger partial charge is 0.275 e. The summed E-state index contributed by atoms with van der Waals surface area (Å²) in [7, 11) is 1.47. The molecule has 6 heteroatoms. The molecule has 0 unspecified atom stereocenters. The minimum Gasteiger partial charge on any atom is -0.427 e. The first kappa shape index (κ1) is 9.24. The van der Waals surface area contributed by atoms with Gasteiger partial charge in [0.1, 0.15) is 0 Å². The van der Waals surface area contributed by atoms with Gasteiger partial charge in [-0.1, -0.05) is 0 Å². The highest BCUT2D eigenvalue weighted by Gasteiger charge is 2.15. The summed E-state index contributed by atoms with van der Waals surface area (Å²) in [5, 5.41) is 4.71. The first-order chi connectivity index (χ1) is 6.15. The van der Waals surface area contributed by atoms with Gasteiger partial charge in [-0.3, -0.25) is 14.9 Å². The lowest BCUT2D eigenvalue weighted by molar-refractivity contribution is -0.114. The second-order valence-corrected chi connectivity index (χ2v) is 2.29. The van der Waals surface area contributed by atoms with Crippen LogP contribution in [0.25, 0.3) is 0 Å². The maximum Gasteiger partial charge on any atom is 0.275 e. The normalized spacial score (nSPS) is 9.38. The Balaban J connectivity index is 2.89. The largest absolute Gasteiger partial charge is 0.427 e. The molecular weight excluding hydrogens is 174 g/mol. The lowest BCUT2D eigenvalue weighted by atomic mass is 10.4. The third-order valence-corrected chi connectivity index (χ3v) is 1.30. The molecule has 0 aromatic carbocycles. The fourth-order valence-corrected chi connectivity index (χ4v) is 0.775. The molecule has 0 spiro atoms. The minimum atomic E-state index is -0.405. The molecule has 0 bridgehead atoms. The van der Waals surface area contributed by atoms with Crippen molar-refractivity contribution in [3.8, 4) is 0 Å². The molecule has 0 atom stereocenters. The molecule has 0 aliphatic carbocycles. The SMILES string of the molecule is CNC(=O)c1ncoc1NC(C)=O. The zero-order valence-corrected chi connectivity index (χ0v) is 7.25. The number of nitrogens with one attached hydrogen (secondary N) is 2. The molecule has 70 valence electrons. The highest BCUT2D eigenvalue weighted by molar-refractivity contribution is 5.99. The third kappa shape index (κ3) is 2.05. The first-order valence-electron chi connectivity index (χ1n) is 3.58. The summed E-state index contributed by atoms with van der Waals surface area (Å²) in [6.07, 6.45) is 1.09. The Hall–Kier alpha value is -1.85. The van der Waals surface area contributed by atoms with E-state index in [1.165, 1.54) is 14.0 Å². The lowest BCUT2D eigenvalue weighted by Crippen LogP contribution is -2.20. The van der Waals surface area contributed by atoms with Crippen molar-refractivity contribution in [2.45, 2.75) is 6.92 Å². The van der Waals surface area contributed by atoms with Gasteiger partial charge >= 0.3 is 0 Å². The number of oxazole rings is 1. The summed E-state index contributed by atoms with van der Waals surface area (Å²) < 4.78 is 4.79. The van der Waals surface area contributed by atoms with E-state index in [9.17, 15) is 9.59 Å². The topological polar surface area (TPSA) is 84.2 Å². The van der Waals surface area contributed by atoms with Crippen molar-refractivity contribution in [2.24, 2.45) is 0 Å². The fraction of sp³-hybridized carbons (Fsp3) is 0.286. The average Bonchev–Trinajstić information content (AvgIpc) is 2.50. The van der Waals surface area contributed by atoms with Crippen molar-refractivity contribution in [3.63, 3.8) is 0 Å². The molecule has 0 aliphatic heterocycles. The third-order valence-electron chi connectivity index (χ3n) is 1.30. The highest BCUT2D eigenvalue weighted by Crippen LogP contribution is 2.12. The summed E-state index contributed by atoms with van der Waals surface area (Å²) >= 11 is 0. The Morgan fingerprint density at radius 1 is 1.54 bits per heavy atom. The van der Waals surface area contributed by atoms with Gasteiger partial charge in [0.05, 0.1) is 0 Å². The van der Waals surface area contributed by atoms with Crippen LogP contribution in [-0.2, 0) is 4.79 Å². The number of hydrogen-bond acceptors (Lipinski definition) is 4. The van der Waals surface area contributed by atoms with E-state index in [4.69, 9.17) is 4.42 Å². The summed E-state index contributed by atoms with van der Waals surface area (Å²) in [4.78, 5) is 25.4. The highest BCUT2D eigenvalue weighted by atomic mass is 16.4. The van der Waals surface area contributed by atoms with Gasteiger partial charge in [0.25, 0.3) is 5.91 Å². The number of amides is 2. The van der Waals surface area contributed by atoms with Crippen LogP contribution in [0.4, 0.5) is 5.88 Å². The van der Waals surface area contributed by atoms with Gasteiger partial charge in [-0.15, -0.1) is 0 Å². The van der Waals surface area contributed by atoms with Crippen LogP contribution >= 0.6 is 0 Å². The van der Waals surface area contributed by atoms with Gasteiger partial charge in [-0.25, -0.2) is 4.98 Å². The Morgan fingerprint density at radius 2 is 2.23 bits per heavy atom.